The largest absolute Gasteiger partial charge is 0.465 e. The average molecular weight is 419 g/mol. The third-order valence-electron chi connectivity index (χ3n) is 5.30. The summed E-state index contributed by atoms with van der Waals surface area (Å²) in [5, 5.41) is 9.69. The van der Waals surface area contributed by atoms with E-state index in [9.17, 15) is 19.5 Å². The quantitative estimate of drug-likeness (QED) is 0.479. The molecule has 0 saturated heterocycles. The lowest BCUT2D eigenvalue weighted by atomic mass is 10.1. The zero-order valence-electron chi connectivity index (χ0n) is 17.1. The average Bonchev–Trinajstić information content (AvgIpc) is 2.72. The molecule has 0 radical (unpaired) electrons. The van der Waals surface area contributed by atoms with Gasteiger partial charge >= 0.3 is 11.8 Å². The van der Waals surface area contributed by atoms with Gasteiger partial charge in [0.05, 0.1) is 11.0 Å². The van der Waals surface area contributed by atoms with Crippen LogP contribution in [0.5, 0.6) is 0 Å². The number of hydrogen-bond acceptors (Lipinski definition) is 5. The number of benzene rings is 2. The summed E-state index contributed by atoms with van der Waals surface area (Å²) < 4.78 is 1.70. The van der Waals surface area contributed by atoms with Crippen LogP contribution in [0.4, 0.5) is 4.79 Å². The topological polar surface area (TPSA) is 121 Å². The Bertz CT molecular complexity index is 1360. The van der Waals surface area contributed by atoms with Crippen LogP contribution < -0.4 is 11.2 Å². The van der Waals surface area contributed by atoms with Crippen LogP contribution in [-0.2, 0) is 13.1 Å². The minimum absolute atomic E-state index is 0.0419. The summed E-state index contributed by atoms with van der Waals surface area (Å²) in [7, 11) is 0. The molecule has 0 atom stereocenters. The van der Waals surface area contributed by atoms with Crippen molar-refractivity contribution in [3.63, 3.8) is 0 Å². The van der Waals surface area contributed by atoms with Crippen LogP contribution in [0.2, 0.25) is 0 Å². The molecule has 2 aliphatic heterocycles. The first kappa shape index (κ1) is 20.3. The number of fused-ring (bicyclic) bond motifs is 2. The first-order valence-electron chi connectivity index (χ1n) is 9.77. The van der Waals surface area contributed by atoms with E-state index in [2.05, 4.69) is 15.0 Å². The molecule has 0 unspecified atom stereocenters. The Morgan fingerprint density at radius 2 is 1.81 bits per heavy atom. The highest BCUT2D eigenvalue weighted by Gasteiger charge is 2.21. The van der Waals surface area contributed by atoms with Gasteiger partial charge in [-0.2, -0.15) is 4.98 Å². The highest BCUT2D eigenvalue weighted by molar-refractivity contribution is 5.81. The maximum absolute atomic E-state index is 12.4. The third-order valence-corrected chi connectivity index (χ3v) is 5.30. The van der Waals surface area contributed by atoms with Gasteiger partial charge in [0.15, 0.2) is 11.5 Å². The first-order valence-corrected chi connectivity index (χ1v) is 9.77. The van der Waals surface area contributed by atoms with Gasteiger partial charge in [-0.15, -0.1) is 0 Å². The summed E-state index contributed by atoms with van der Waals surface area (Å²) in [6.07, 6.45) is -1.06. The third kappa shape index (κ3) is 4.02. The number of hydrogen-bond donors (Lipinski definition) is 2. The second-order valence-corrected chi connectivity index (χ2v) is 7.42. The molecule has 2 aromatic carbocycles. The van der Waals surface area contributed by atoms with E-state index in [-0.39, 0.29) is 31.2 Å². The van der Waals surface area contributed by atoms with Crippen molar-refractivity contribution < 1.29 is 9.90 Å². The summed E-state index contributed by atoms with van der Waals surface area (Å²) in [5.74, 6) is 0.134. The molecule has 0 aromatic heterocycles. The summed E-state index contributed by atoms with van der Waals surface area (Å²) in [4.78, 5) is 47.9. The maximum atomic E-state index is 12.4. The zero-order chi connectivity index (χ0) is 22.1. The van der Waals surface area contributed by atoms with Gasteiger partial charge in [0.25, 0.3) is 5.56 Å². The molecule has 158 valence electrons. The van der Waals surface area contributed by atoms with E-state index in [0.717, 1.165) is 16.7 Å². The van der Waals surface area contributed by atoms with Gasteiger partial charge in [-0.1, -0.05) is 30.3 Å². The van der Waals surface area contributed by atoms with Crippen molar-refractivity contribution in [2.24, 2.45) is 0 Å². The lowest BCUT2D eigenvalue weighted by molar-refractivity contribution is 0.140. The number of nitrogens with one attached hydrogen (secondary N) is 1. The Morgan fingerprint density at radius 1 is 1.10 bits per heavy atom. The predicted octanol–water partition coefficient (Wildman–Crippen LogP) is 2.38. The standard InChI is InChI=1S/C22H21N5O4/c1-13-10-16-17(11-14(13)2)27(19-18(23-16)20(28)25-21(29)24-19)9-8-26(22(30)31)12-15-6-4-3-5-7-15/h3-7,10-11H,8-9,12H2,1-2H3,(H,30,31)(H,25,28,29). The monoisotopic (exact) mass is 419 g/mol. The number of carbonyl (C=O) groups is 1. The second-order valence-electron chi connectivity index (χ2n) is 7.42. The van der Waals surface area contributed by atoms with Crippen molar-refractivity contribution in [1.82, 2.24) is 24.4 Å². The number of aromatic amines is 1. The Labute approximate surface area is 177 Å². The molecule has 1 amide bonds. The summed E-state index contributed by atoms with van der Waals surface area (Å²) >= 11 is 0. The van der Waals surface area contributed by atoms with E-state index in [4.69, 9.17) is 0 Å². The van der Waals surface area contributed by atoms with Gasteiger partial charge in [-0.25, -0.2) is 14.6 Å². The molecule has 9 nitrogen and oxygen atoms in total. The fraction of sp³-hybridized carbons (Fsp3) is 0.227. The Hall–Kier alpha value is -4.01. The lowest BCUT2D eigenvalue weighted by Crippen LogP contribution is -2.34. The molecule has 0 bridgehead atoms. The first-order chi connectivity index (χ1) is 14.8. The number of nitrogens with zero attached hydrogens (tertiary/aromatic N) is 4. The van der Waals surface area contributed by atoms with Crippen molar-refractivity contribution in [1.29, 1.82) is 0 Å². The number of H-pyrrole nitrogens is 1. The Balaban J connectivity index is 1.80. The van der Waals surface area contributed by atoms with Crippen LogP contribution in [0, 0.1) is 13.8 Å². The van der Waals surface area contributed by atoms with Crippen LogP contribution in [-0.4, -0.2) is 42.2 Å². The molecule has 2 aromatic rings. The van der Waals surface area contributed by atoms with Gasteiger partial charge in [0.1, 0.15) is 0 Å². The fourth-order valence-corrected chi connectivity index (χ4v) is 3.54. The van der Waals surface area contributed by atoms with Crippen molar-refractivity contribution in [2.75, 3.05) is 6.54 Å². The molecule has 0 spiro atoms. The van der Waals surface area contributed by atoms with E-state index in [1.54, 1.807) is 4.57 Å². The van der Waals surface area contributed by atoms with Crippen molar-refractivity contribution in [2.45, 2.75) is 26.9 Å². The second kappa shape index (κ2) is 8.02. The van der Waals surface area contributed by atoms with Gasteiger partial charge in [-0.3, -0.25) is 9.78 Å². The molecule has 2 aliphatic rings. The van der Waals surface area contributed by atoms with Gasteiger partial charge < -0.3 is 14.6 Å². The highest BCUT2D eigenvalue weighted by Crippen LogP contribution is 2.23. The van der Waals surface area contributed by atoms with Crippen LogP contribution in [0.3, 0.4) is 0 Å². The minimum atomic E-state index is -1.06. The lowest BCUT2D eigenvalue weighted by Gasteiger charge is -2.23. The van der Waals surface area contributed by atoms with E-state index < -0.39 is 17.3 Å². The molecule has 0 fully saturated rings. The van der Waals surface area contributed by atoms with Crippen LogP contribution in [0.15, 0.2) is 52.1 Å². The van der Waals surface area contributed by atoms with Crippen LogP contribution in [0.25, 0.3) is 22.6 Å². The van der Waals surface area contributed by atoms with Gasteiger partial charge in [0, 0.05) is 19.6 Å². The Morgan fingerprint density at radius 3 is 2.52 bits per heavy atom. The van der Waals surface area contributed by atoms with Gasteiger partial charge in [0.2, 0.25) is 0 Å². The van der Waals surface area contributed by atoms with E-state index in [1.807, 2.05) is 56.3 Å². The normalized spacial score (nSPS) is 11.2. The number of amides is 1. The number of aromatic nitrogens is 4. The van der Waals surface area contributed by atoms with Crippen LogP contribution >= 0.6 is 0 Å². The smallest absolute Gasteiger partial charge is 0.407 e. The molecule has 2 heterocycles. The van der Waals surface area contributed by atoms with E-state index in [0.29, 0.717) is 11.0 Å². The number of aryl methyl sites for hydroxylation is 2. The fourth-order valence-electron chi connectivity index (χ4n) is 3.54. The predicted molar refractivity (Wildman–Crippen MR) is 115 cm³/mol. The summed E-state index contributed by atoms with van der Waals surface area (Å²) in [6.45, 7) is 4.45. The molecule has 2 N–H and O–H groups in total. The molecule has 9 heteroatoms. The highest BCUT2D eigenvalue weighted by atomic mass is 16.4. The van der Waals surface area contributed by atoms with Crippen molar-refractivity contribution in [3.8, 4) is 11.5 Å². The SMILES string of the molecule is Cc1cc2nc3c(=O)[nH]c(=O)nc-3n(CCN(Cc3ccccc3)C(=O)O)c2cc1C. The van der Waals surface area contributed by atoms with Crippen LogP contribution in [0.1, 0.15) is 16.7 Å². The molecular formula is C22H21N5O4. The summed E-state index contributed by atoms with van der Waals surface area (Å²) in [5.41, 5.74) is 2.78. The van der Waals surface area contributed by atoms with Gasteiger partial charge in [-0.05, 0) is 42.7 Å². The molecule has 31 heavy (non-hydrogen) atoms. The minimum Gasteiger partial charge on any atom is -0.465 e. The number of carboxylic acid groups (broad SMARTS) is 1. The number of rotatable bonds is 5. The van der Waals surface area contributed by atoms with Crippen molar-refractivity contribution >= 4 is 17.1 Å². The molecule has 0 aliphatic carbocycles. The molecule has 0 saturated carbocycles. The Kier molecular flexibility index (Phi) is 5.24. The van der Waals surface area contributed by atoms with E-state index >= 15 is 0 Å². The molecule has 4 rings (SSSR count). The molecular weight excluding hydrogens is 398 g/mol. The van der Waals surface area contributed by atoms with Crippen molar-refractivity contribution in [3.05, 3.63) is 80.0 Å². The van der Waals surface area contributed by atoms with E-state index in [1.165, 1.54) is 4.90 Å². The summed E-state index contributed by atoms with van der Waals surface area (Å²) in [6, 6.07) is 13.1. The zero-order valence-corrected chi connectivity index (χ0v) is 17.1. The maximum Gasteiger partial charge on any atom is 0.407 e.